The SMILES string of the molecule is Cc1ncc(C(=O)NCc2ccccc2)c([C@H]2CCCCN2C(=O)COC(C)C)n1. The van der Waals surface area contributed by atoms with Gasteiger partial charge in [-0.1, -0.05) is 30.3 Å². The molecule has 2 amide bonds. The van der Waals surface area contributed by atoms with E-state index in [0.717, 1.165) is 24.8 Å². The predicted molar refractivity (Wildman–Crippen MR) is 114 cm³/mol. The van der Waals surface area contributed by atoms with Gasteiger partial charge >= 0.3 is 0 Å². The van der Waals surface area contributed by atoms with Crippen LogP contribution in [-0.2, 0) is 16.1 Å². The Hall–Kier alpha value is -2.80. The van der Waals surface area contributed by atoms with Gasteiger partial charge in [0, 0.05) is 19.3 Å². The number of likely N-dealkylation sites (tertiary alicyclic amines) is 1. The molecule has 0 radical (unpaired) electrons. The Morgan fingerprint density at radius 3 is 2.73 bits per heavy atom. The number of carbonyl (C=O) groups is 2. The highest BCUT2D eigenvalue weighted by molar-refractivity contribution is 5.95. The van der Waals surface area contributed by atoms with E-state index in [4.69, 9.17) is 4.74 Å². The van der Waals surface area contributed by atoms with Gasteiger partial charge in [-0.2, -0.15) is 0 Å². The number of benzene rings is 1. The molecule has 0 spiro atoms. The summed E-state index contributed by atoms with van der Waals surface area (Å²) < 4.78 is 5.53. The first kappa shape index (κ1) is 21.9. The van der Waals surface area contributed by atoms with Crippen LogP contribution in [-0.4, -0.2) is 45.9 Å². The highest BCUT2D eigenvalue weighted by Gasteiger charge is 2.32. The second-order valence-electron chi connectivity index (χ2n) is 7.84. The zero-order valence-corrected chi connectivity index (χ0v) is 17.9. The first-order valence-corrected chi connectivity index (χ1v) is 10.5. The molecule has 0 aliphatic carbocycles. The lowest BCUT2D eigenvalue weighted by molar-refractivity contribution is -0.141. The first-order chi connectivity index (χ1) is 14.5. The molecule has 1 aromatic carbocycles. The van der Waals surface area contributed by atoms with Gasteiger partial charge in [0.1, 0.15) is 12.4 Å². The summed E-state index contributed by atoms with van der Waals surface area (Å²) in [5.41, 5.74) is 2.05. The van der Waals surface area contributed by atoms with Crippen LogP contribution >= 0.6 is 0 Å². The number of hydrogen-bond acceptors (Lipinski definition) is 5. The maximum absolute atomic E-state index is 13.0. The quantitative estimate of drug-likeness (QED) is 0.758. The van der Waals surface area contributed by atoms with Crippen LogP contribution in [0.1, 0.15) is 66.6 Å². The van der Waals surface area contributed by atoms with E-state index in [-0.39, 0.29) is 30.6 Å². The fourth-order valence-electron chi connectivity index (χ4n) is 3.63. The number of amides is 2. The molecule has 7 heteroatoms. The fourth-order valence-corrected chi connectivity index (χ4v) is 3.63. The van der Waals surface area contributed by atoms with Gasteiger partial charge in [-0.05, 0) is 45.6 Å². The van der Waals surface area contributed by atoms with Crippen molar-refractivity contribution in [2.75, 3.05) is 13.2 Å². The second kappa shape index (κ2) is 10.3. The molecule has 0 unspecified atom stereocenters. The molecule has 0 bridgehead atoms. The van der Waals surface area contributed by atoms with Crippen LogP contribution in [0.3, 0.4) is 0 Å². The largest absolute Gasteiger partial charge is 0.369 e. The molecule has 3 rings (SSSR count). The van der Waals surface area contributed by atoms with E-state index in [0.29, 0.717) is 30.2 Å². The Bertz CT molecular complexity index is 870. The molecule has 1 N–H and O–H groups in total. The monoisotopic (exact) mass is 410 g/mol. The molecule has 1 saturated heterocycles. The second-order valence-corrected chi connectivity index (χ2v) is 7.84. The molecule has 1 aliphatic rings. The summed E-state index contributed by atoms with van der Waals surface area (Å²) in [7, 11) is 0. The minimum absolute atomic E-state index is 0.0159. The number of piperidine rings is 1. The average Bonchev–Trinajstić information content (AvgIpc) is 2.76. The third-order valence-corrected chi connectivity index (χ3v) is 5.16. The predicted octanol–water partition coefficient (Wildman–Crippen LogP) is 3.19. The van der Waals surface area contributed by atoms with Crippen LogP contribution in [0.25, 0.3) is 0 Å². The molecular formula is C23H30N4O3. The van der Waals surface area contributed by atoms with E-state index in [9.17, 15) is 9.59 Å². The van der Waals surface area contributed by atoms with Gasteiger partial charge < -0.3 is 15.0 Å². The van der Waals surface area contributed by atoms with Crippen molar-refractivity contribution in [1.82, 2.24) is 20.2 Å². The van der Waals surface area contributed by atoms with Crippen molar-refractivity contribution in [3.05, 3.63) is 59.2 Å². The van der Waals surface area contributed by atoms with Crippen LogP contribution < -0.4 is 5.32 Å². The minimum Gasteiger partial charge on any atom is -0.369 e. The number of nitrogens with zero attached hydrogens (tertiary/aromatic N) is 3. The Morgan fingerprint density at radius 2 is 2.00 bits per heavy atom. The van der Waals surface area contributed by atoms with E-state index in [1.165, 1.54) is 0 Å². The third kappa shape index (κ3) is 5.63. The van der Waals surface area contributed by atoms with Crippen molar-refractivity contribution in [2.24, 2.45) is 0 Å². The number of aromatic nitrogens is 2. The van der Waals surface area contributed by atoms with Crippen LogP contribution in [0.4, 0.5) is 0 Å². The first-order valence-electron chi connectivity index (χ1n) is 10.5. The topological polar surface area (TPSA) is 84.4 Å². The van der Waals surface area contributed by atoms with Crippen molar-refractivity contribution in [1.29, 1.82) is 0 Å². The van der Waals surface area contributed by atoms with Crippen molar-refractivity contribution in [3.8, 4) is 0 Å². The summed E-state index contributed by atoms with van der Waals surface area (Å²) in [6.45, 7) is 6.70. The van der Waals surface area contributed by atoms with Gasteiger partial charge in [-0.25, -0.2) is 9.97 Å². The number of nitrogens with one attached hydrogen (secondary N) is 1. The third-order valence-electron chi connectivity index (χ3n) is 5.16. The summed E-state index contributed by atoms with van der Waals surface area (Å²) >= 11 is 0. The number of aryl methyl sites for hydroxylation is 1. The molecule has 2 aromatic rings. The van der Waals surface area contributed by atoms with Gasteiger partial charge in [0.25, 0.3) is 5.91 Å². The van der Waals surface area contributed by atoms with Crippen molar-refractivity contribution >= 4 is 11.8 Å². The maximum Gasteiger partial charge on any atom is 0.255 e. The Kier molecular flexibility index (Phi) is 7.52. The lowest BCUT2D eigenvalue weighted by Crippen LogP contribution is -2.42. The van der Waals surface area contributed by atoms with Gasteiger partial charge in [0.2, 0.25) is 5.91 Å². The van der Waals surface area contributed by atoms with E-state index < -0.39 is 0 Å². The molecule has 160 valence electrons. The molecule has 1 atom stereocenters. The number of ether oxygens (including phenoxy) is 1. The fraction of sp³-hybridized carbons (Fsp3) is 0.478. The molecule has 30 heavy (non-hydrogen) atoms. The van der Waals surface area contributed by atoms with Gasteiger partial charge in [0.15, 0.2) is 0 Å². The van der Waals surface area contributed by atoms with E-state index >= 15 is 0 Å². The average molecular weight is 411 g/mol. The Morgan fingerprint density at radius 1 is 1.23 bits per heavy atom. The van der Waals surface area contributed by atoms with E-state index in [1.807, 2.05) is 49.1 Å². The highest BCUT2D eigenvalue weighted by Crippen LogP contribution is 2.32. The van der Waals surface area contributed by atoms with Crippen molar-refractivity contribution in [2.45, 2.75) is 58.7 Å². The molecule has 1 fully saturated rings. The molecular weight excluding hydrogens is 380 g/mol. The van der Waals surface area contributed by atoms with Crippen LogP contribution in [0.5, 0.6) is 0 Å². The van der Waals surface area contributed by atoms with Gasteiger partial charge in [0.05, 0.1) is 23.4 Å². The number of hydrogen-bond donors (Lipinski definition) is 1. The van der Waals surface area contributed by atoms with Crippen LogP contribution in [0.2, 0.25) is 0 Å². The molecule has 2 heterocycles. The van der Waals surface area contributed by atoms with Crippen LogP contribution in [0, 0.1) is 6.92 Å². The van der Waals surface area contributed by atoms with Crippen molar-refractivity contribution in [3.63, 3.8) is 0 Å². The standard InChI is InChI=1S/C23H30N4O3/c1-16(2)30-15-21(28)27-12-8-7-11-20(27)22-19(14-24-17(3)26-22)23(29)25-13-18-9-5-4-6-10-18/h4-6,9-10,14,16,20H,7-8,11-13,15H2,1-3H3,(H,25,29)/t20-/m1/s1. The van der Waals surface area contributed by atoms with E-state index in [1.54, 1.807) is 13.1 Å². The normalized spacial score (nSPS) is 16.5. The molecule has 7 nitrogen and oxygen atoms in total. The van der Waals surface area contributed by atoms with E-state index in [2.05, 4.69) is 15.3 Å². The minimum atomic E-state index is -0.249. The zero-order valence-electron chi connectivity index (χ0n) is 17.9. The smallest absolute Gasteiger partial charge is 0.255 e. The molecule has 1 aromatic heterocycles. The van der Waals surface area contributed by atoms with Gasteiger partial charge in [-0.15, -0.1) is 0 Å². The Balaban J connectivity index is 1.81. The number of carbonyl (C=O) groups excluding carboxylic acids is 2. The zero-order chi connectivity index (χ0) is 21.5. The van der Waals surface area contributed by atoms with Gasteiger partial charge in [-0.3, -0.25) is 9.59 Å². The maximum atomic E-state index is 13.0. The molecule has 1 aliphatic heterocycles. The lowest BCUT2D eigenvalue weighted by atomic mass is 9.96. The summed E-state index contributed by atoms with van der Waals surface area (Å²) in [6.07, 6.45) is 4.23. The van der Waals surface area contributed by atoms with Crippen LogP contribution in [0.15, 0.2) is 36.5 Å². The van der Waals surface area contributed by atoms with Crippen molar-refractivity contribution < 1.29 is 14.3 Å². The molecule has 0 saturated carbocycles. The summed E-state index contributed by atoms with van der Waals surface area (Å²) in [5, 5.41) is 2.95. The summed E-state index contributed by atoms with van der Waals surface area (Å²) in [5.74, 6) is 0.284. The summed E-state index contributed by atoms with van der Waals surface area (Å²) in [4.78, 5) is 36.4. The number of rotatable bonds is 7. The lowest BCUT2D eigenvalue weighted by Gasteiger charge is -2.36. The highest BCUT2D eigenvalue weighted by atomic mass is 16.5. The Labute approximate surface area is 177 Å². The summed E-state index contributed by atoms with van der Waals surface area (Å²) in [6, 6.07) is 9.49.